The molecule has 1 atom stereocenters. The number of anilines is 1. The second-order valence-corrected chi connectivity index (χ2v) is 5.43. The van der Waals surface area contributed by atoms with Gasteiger partial charge in [0.25, 0.3) is 0 Å². The van der Waals surface area contributed by atoms with Crippen molar-refractivity contribution in [3.05, 3.63) is 47.6 Å². The van der Waals surface area contributed by atoms with Crippen LogP contribution in [0, 0.1) is 0 Å². The summed E-state index contributed by atoms with van der Waals surface area (Å²) in [6.07, 6.45) is 3.95. The molecule has 92 valence electrons. The average molecular weight is 257 g/mol. The predicted octanol–water partition coefficient (Wildman–Crippen LogP) is 3.81. The van der Waals surface area contributed by atoms with E-state index >= 15 is 0 Å². The molecule has 1 unspecified atom stereocenters. The lowest BCUT2D eigenvalue weighted by Gasteiger charge is -2.13. The molecule has 3 nitrogen and oxygen atoms in total. The SMILES string of the molecule is CC(Nc1ccc2sccc2c1)c1cnn(C)c1. The number of hydrogen-bond donors (Lipinski definition) is 1. The fourth-order valence-corrected chi connectivity index (χ4v) is 2.82. The van der Waals surface area contributed by atoms with Gasteiger partial charge in [0.2, 0.25) is 0 Å². The van der Waals surface area contributed by atoms with Crippen molar-refractivity contribution in [1.82, 2.24) is 9.78 Å². The van der Waals surface area contributed by atoms with E-state index in [4.69, 9.17) is 0 Å². The molecule has 2 heterocycles. The number of rotatable bonds is 3. The number of nitrogens with one attached hydrogen (secondary N) is 1. The van der Waals surface area contributed by atoms with E-state index in [2.05, 4.69) is 47.0 Å². The molecule has 2 aromatic heterocycles. The molecule has 0 fully saturated rings. The summed E-state index contributed by atoms with van der Waals surface area (Å²) in [5.41, 5.74) is 2.35. The third-order valence-corrected chi connectivity index (χ3v) is 3.96. The van der Waals surface area contributed by atoms with Crippen molar-refractivity contribution in [2.45, 2.75) is 13.0 Å². The van der Waals surface area contributed by atoms with Gasteiger partial charge in [0.1, 0.15) is 0 Å². The van der Waals surface area contributed by atoms with Gasteiger partial charge in [-0.1, -0.05) is 0 Å². The predicted molar refractivity (Wildman–Crippen MR) is 77.1 cm³/mol. The Morgan fingerprint density at radius 2 is 2.22 bits per heavy atom. The summed E-state index contributed by atoms with van der Waals surface area (Å²) in [7, 11) is 1.94. The topological polar surface area (TPSA) is 29.9 Å². The molecule has 18 heavy (non-hydrogen) atoms. The number of aryl methyl sites for hydroxylation is 1. The molecule has 1 aromatic carbocycles. The van der Waals surface area contributed by atoms with Crippen molar-refractivity contribution in [1.29, 1.82) is 0 Å². The van der Waals surface area contributed by atoms with Gasteiger partial charge in [0.15, 0.2) is 0 Å². The van der Waals surface area contributed by atoms with Gasteiger partial charge in [-0.25, -0.2) is 0 Å². The number of fused-ring (bicyclic) bond motifs is 1. The van der Waals surface area contributed by atoms with Crippen molar-refractivity contribution in [3.8, 4) is 0 Å². The van der Waals surface area contributed by atoms with Gasteiger partial charge in [-0.3, -0.25) is 4.68 Å². The van der Waals surface area contributed by atoms with Crippen LogP contribution in [0.15, 0.2) is 42.0 Å². The van der Waals surface area contributed by atoms with Crippen molar-refractivity contribution in [3.63, 3.8) is 0 Å². The smallest absolute Gasteiger partial charge is 0.0542 e. The highest BCUT2D eigenvalue weighted by atomic mass is 32.1. The largest absolute Gasteiger partial charge is 0.378 e. The average Bonchev–Trinajstić information content (AvgIpc) is 2.96. The maximum Gasteiger partial charge on any atom is 0.0542 e. The zero-order chi connectivity index (χ0) is 12.5. The molecule has 1 N–H and O–H groups in total. The Morgan fingerprint density at radius 3 is 3.00 bits per heavy atom. The Kier molecular flexibility index (Phi) is 2.80. The van der Waals surface area contributed by atoms with Crippen LogP contribution in [0.4, 0.5) is 5.69 Å². The lowest BCUT2D eigenvalue weighted by Crippen LogP contribution is -2.05. The normalized spacial score (nSPS) is 12.8. The monoisotopic (exact) mass is 257 g/mol. The molecule has 0 saturated heterocycles. The molecule has 0 spiro atoms. The van der Waals surface area contributed by atoms with Crippen LogP contribution in [0.3, 0.4) is 0 Å². The standard InChI is InChI=1S/C14H15N3S/c1-10(12-8-15-17(2)9-12)16-13-3-4-14-11(7-13)5-6-18-14/h3-10,16H,1-2H3. The van der Waals surface area contributed by atoms with Crippen molar-refractivity contribution in [2.24, 2.45) is 7.05 Å². The van der Waals surface area contributed by atoms with Crippen LogP contribution in [-0.4, -0.2) is 9.78 Å². The van der Waals surface area contributed by atoms with Crippen LogP contribution >= 0.6 is 11.3 Å². The van der Waals surface area contributed by atoms with E-state index in [0.717, 1.165) is 5.69 Å². The van der Waals surface area contributed by atoms with Crippen LogP contribution < -0.4 is 5.32 Å². The summed E-state index contributed by atoms with van der Waals surface area (Å²) >= 11 is 1.77. The molecule has 3 rings (SSSR count). The van der Waals surface area contributed by atoms with Gasteiger partial charge in [-0.2, -0.15) is 5.10 Å². The van der Waals surface area contributed by atoms with Crippen LogP contribution in [0.2, 0.25) is 0 Å². The summed E-state index contributed by atoms with van der Waals surface area (Å²) < 4.78 is 3.16. The second-order valence-electron chi connectivity index (χ2n) is 4.49. The van der Waals surface area contributed by atoms with Gasteiger partial charge in [-0.05, 0) is 42.0 Å². The van der Waals surface area contributed by atoms with Crippen LogP contribution in [0.25, 0.3) is 10.1 Å². The molecule has 0 bridgehead atoms. The van der Waals surface area contributed by atoms with Gasteiger partial charge in [0.05, 0.1) is 12.2 Å². The van der Waals surface area contributed by atoms with E-state index in [-0.39, 0.29) is 6.04 Å². The molecular weight excluding hydrogens is 242 g/mol. The highest BCUT2D eigenvalue weighted by molar-refractivity contribution is 7.17. The maximum absolute atomic E-state index is 4.20. The number of thiophene rings is 1. The van der Waals surface area contributed by atoms with Crippen LogP contribution in [0.5, 0.6) is 0 Å². The first-order valence-electron chi connectivity index (χ1n) is 5.95. The summed E-state index contributed by atoms with van der Waals surface area (Å²) in [5.74, 6) is 0. The van der Waals surface area contributed by atoms with Crippen molar-refractivity contribution >= 4 is 27.1 Å². The van der Waals surface area contributed by atoms with E-state index in [9.17, 15) is 0 Å². The molecule has 0 saturated carbocycles. The quantitative estimate of drug-likeness (QED) is 0.773. The van der Waals surface area contributed by atoms with E-state index in [1.165, 1.54) is 15.6 Å². The van der Waals surface area contributed by atoms with E-state index < -0.39 is 0 Å². The molecule has 3 aromatic rings. The number of benzene rings is 1. The number of nitrogens with zero attached hydrogens (tertiary/aromatic N) is 2. The maximum atomic E-state index is 4.20. The molecule has 0 aliphatic heterocycles. The first-order chi connectivity index (χ1) is 8.72. The van der Waals surface area contributed by atoms with Gasteiger partial charge in [-0.15, -0.1) is 11.3 Å². The van der Waals surface area contributed by atoms with Gasteiger partial charge < -0.3 is 5.32 Å². The van der Waals surface area contributed by atoms with Crippen molar-refractivity contribution < 1.29 is 0 Å². The Balaban J connectivity index is 1.83. The number of aromatic nitrogens is 2. The van der Waals surface area contributed by atoms with E-state index in [1.807, 2.05) is 24.1 Å². The molecule has 4 heteroatoms. The van der Waals surface area contributed by atoms with Gasteiger partial charge >= 0.3 is 0 Å². The highest BCUT2D eigenvalue weighted by Gasteiger charge is 2.07. The zero-order valence-electron chi connectivity index (χ0n) is 10.4. The fourth-order valence-electron chi connectivity index (χ4n) is 2.05. The summed E-state index contributed by atoms with van der Waals surface area (Å²) in [6, 6.07) is 8.90. The lowest BCUT2D eigenvalue weighted by molar-refractivity contribution is 0.765. The Hall–Kier alpha value is -1.81. The number of hydrogen-bond acceptors (Lipinski definition) is 3. The minimum atomic E-state index is 0.259. The van der Waals surface area contributed by atoms with Crippen molar-refractivity contribution in [2.75, 3.05) is 5.32 Å². The van der Waals surface area contributed by atoms with Crippen LogP contribution in [0.1, 0.15) is 18.5 Å². The third kappa shape index (κ3) is 2.11. The minimum absolute atomic E-state index is 0.259. The summed E-state index contributed by atoms with van der Waals surface area (Å²) in [4.78, 5) is 0. The Morgan fingerprint density at radius 1 is 1.33 bits per heavy atom. The van der Waals surface area contributed by atoms with E-state index in [0.29, 0.717) is 0 Å². The van der Waals surface area contributed by atoms with Crippen LogP contribution in [-0.2, 0) is 7.05 Å². The Labute approximate surface area is 110 Å². The summed E-state index contributed by atoms with van der Waals surface area (Å²) in [5, 5.41) is 11.1. The first kappa shape index (κ1) is 11.3. The Bertz CT molecular complexity index is 668. The third-order valence-electron chi connectivity index (χ3n) is 3.06. The molecule has 0 radical (unpaired) electrons. The molecule has 0 aliphatic carbocycles. The molecular formula is C14H15N3S. The zero-order valence-corrected chi connectivity index (χ0v) is 11.2. The molecule has 0 aliphatic rings. The highest BCUT2D eigenvalue weighted by Crippen LogP contribution is 2.26. The second kappa shape index (κ2) is 4.46. The molecule has 0 amide bonds. The van der Waals surface area contributed by atoms with E-state index in [1.54, 1.807) is 11.3 Å². The fraction of sp³-hybridized carbons (Fsp3) is 0.214. The summed E-state index contributed by atoms with van der Waals surface area (Å²) in [6.45, 7) is 2.15. The van der Waals surface area contributed by atoms with Gasteiger partial charge in [0, 0.05) is 29.2 Å². The lowest BCUT2D eigenvalue weighted by atomic mass is 10.1. The first-order valence-corrected chi connectivity index (χ1v) is 6.83. The minimum Gasteiger partial charge on any atom is -0.378 e.